The number of halogens is 1. The number of carbonyl (C=O) groups excluding carboxylic acids is 1. The second-order valence-corrected chi connectivity index (χ2v) is 4.80. The molecule has 0 atom stereocenters. The van der Waals surface area contributed by atoms with Crippen LogP contribution in [-0.4, -0.2) is 36.4 Å². The minimum absolute atomic E-state index is 0.131. The number of benzene rings is 1. The van der Waals surface area contributed by atoms with Crippen LogP contribution in [0.15, 0.2) is 42.7 Å². The summed E-state index contributed by atoms with van der Waals surface area (Å²) in [6.07, 6.45) is 3.42. The first-order valence-corrected chi connectivity index (χ1v) is 6.54. The molecule has 2 rings (SSSR count). The standard InChI is InChI=1S/C16H17FN2O2/c1-19(10-12-5-7-18-8-6-12)11-15(20)13-3-4-16(21-2)14(17)9-13/h3-9H,10-11H2,1-2H3. The Bertz CT molecular complexity index is 617. The van der Waals surface area contributed by atoms with Crippen molar-refractivity contribution in [2.75, 3.05) is 20.7 Å². The fourth-order valence-electron chi connectivity index (χ4n) is 2.03. The summed E-state index contributed by atoms with van der Waals surface area (Å²) >= 11 is 0. The van der Waals surface area contributed by atoms with Crippen LogP contribution < -0.4 is 4.74 Å². The molecule has 110 valence electrons. The molecule has 0 saturated heterocycles. The van der Waals surface area contributed by atoms with Crippen molar-refractivity contribution in [2.45, 2.75) is 6.54 Å². The zero-order chi connectivity index (χ0) is 15.2. The number of ketones is 1. The third kappa shape index (κ3) is 4.10. The number of hydrogen-bond acceptors (Lipinski definition) is 4. The molecule has 0 bridgehead atoms. The molecule has 4 nitrogen and oxygen atoms in total. The SMILES string of the molecule is COc1ccc(C(=O)CN(C)Cc2ccncc2)cc1F. The lowest BCUT2D eigenvalue weighted by molar-refractivity contribution is 0.0942. The molecular weight excluding hydrogens is 271 g/mol. The first kappa shape index (κ1) is 15.1. The van der Waals surface area contributed by atoms with E-state index in [1.165, 1.54) is 19.2 Å². The zero-order valence-corrected chi connectivity index (χ0v) is 12.0. The first-order valence-electron chi connectivity index (χ1n) is 6.54. The molecule has 21 heavy (non-hydrogen) atoms. The van der Waals surface area contributed by atoms with E-state index in [-0.39, 0.29) is 18.1 Å². The van der Waals surface area contributed by atoms with Gasteiger partial charge >= 0.3 is 0 Å². The van der Waals surface area contributed by atoms with Gasteiger partial charge in [-0.2, -0.15) is 0 Å². The summed E-state index contributed by atoms with van der Waals surface area (Å²) in [4.78, 5) is 18.0. The monoisotopic (exact) mass is 288 g/mol. The number of carbonyl (C=O) groups is 1. The third-order valence-corrected chi connectivity index (χ3v) is 3.09. The summed E-state index contributed by atoms with van der Waals surface area (Å²) in [7, 11) is 3.24. The quantitative estimate of drug-likeness (QED) is 0.766. The van der Waals surface area contributed by atoms with E-state index < -0.39 is 5.82 Å². The summed E-state index contributed by atoms with van der Waals surface area (Å²) in [5, 5.41) is 0. The minimum Gasteiger partial charge on any atom is -0.494 e. The largest absolute Gasteiger partial charge is 0.494 e. The summed E-state index contributed by atoms with van der Waals surface area (Å²) < 4.78 is 18.4. The van der Waals surface area contributed by atoms with Gasteiger partial charge in [0.2, 0.25) is 0 Å². The van der Waals surface area contributed by atoms with Gasteiger partial charge in [0.15, 0.2) is 17.3 Å². The van der Waals surface area contributed by atoms with Crippen LogP contribution in [0.4, 0.5) is 4.39 Å². The molecular formula is C16H17FN2O2. The van der Waals surface area contributed by atoms with Gasteiger partial charge in [0.05, 0.1) is 13.7 Å². The molecule has 2 aromatic rings. The summed E-state index contributed by atoms with van der Waals surface area (Å²) in [6, 6.07) is 8.04. The van der Waals surface area contributed by atoms with E-state index in [2.05, 4.69) is 4.98 Å². The van der Waals surface area contributed by atoms with Gasteiger partial charge in [-0.25, -0.2) is 4.39 Å². The van der Waals surface area contributed by atoms with Gasteiger partial charge in [-0.3, -0.25) is 14.7 Å². The molecule has 1 aromatic heterocycles. The van der Waals surface area contributed by atoms with Crippen molar-refractivity contribution >= 4 is 5.78 Å². The summed E-state index contributed by atoms with van der Waals surface area (Å²) in [5.41, 5.74) is 1.41. The molecule has 0 aliphatic heterocycles. The smallest absolute Gasteiger partial charge is 0.176 e. The number of rotatable bonds is 6. The number of likely N-dealkylation sites (N-methyl/N-ethyl adjacent to an activating group) is 1. The molecule has 0 amide bonds. The predicted molar refractivity (Wildman–Crippen MR) is 77.9 cm³/mol. The van der Waals surface area contributed by atoms with Gasteiger partial charge in [-0.15, -0.1) is 0 Å². The molecule has 0 saturated carbocycles. The number of ether oxygens (including phenoxy) is 1. The van der Waals surface area contributed by atoms with Gasteiger partial charge in [0.25, 0.3) is 0 Å². The normalized spacial score (nSPS) is 10.7. The fraction of sp³-hybridized carbons (Fsp3) is 0.250. The maximum absolute atomic E-state index is 13.6. The van der Waals surface area contributed by atoms with E-state index in [4.69, 9.17) is 4.74 Å². The molecule has 1 heterocycles. The second-order valence-electron chi connectivity index (χ2n) is 4.80. The van der Waals surface area contributed by atoms with Crippen molar-refractivity contribution < 1.29 is 13.9 Å². The van der Waals surface area contributed by atoms with E-state index in [1.807, 2.05) is 24.1 Å². The van der Waals surface area contributed by atoms with E-state index in [1.54, 1.807) is 18.5 Å². The maximum atomic E-state index is 13.6. The van der Waals surface area contributed by atoms with Gasteiger partial charge in [-0.05, 0) is 42.9 Å². The number of pyridine rings is 1. The van der Waals surface area contributed by atoms with Gasteiger partial charge in [0, 0.05) is 24.5 Å². The molecule has 0 fully saturated rings. The molecule has 1 aromatic carbocycles. The Labute approximate surface area is 123 Å². The van der Waals surface area contributed by atoms with E-state index in [9.17, 15) is 9.18 Å². The average molecular weight is 288 g/mol. The highest BCUT2D eigenvalue weighted by molar-refractivity contribution is 5.97. The topological polar surface area (TPSA) is 42.4 Å². The van der Waals surface area contributed by atoms with Gasteiger partial charge < -0.3 is 4.74 Å². The van der Waals surface area contributed by atoms with Crippen LogP contribution in [0, 0.1) is 5.82 Å². The molecule has 0 unspecified atom stereocenters. The van der Waals surface area contributed by atoms with Gasteiger partial charge in [-0.1, -0.05) is 0 Å². The zero-order valence-electron chi connectivity index (χ0n) is 12.0. The van der Waals surface area contributed by atoms with Crippen molar-refractivity contribution in [3.05, 3.63) is 59.7 Å². The molecule has 0 N–H and O–H groups in total. The highest BCUT2D eigenvalue weighted by Crippen LogP contribution is 2.18. The van der Waals surface area contributed by atoms with Crippen molar-refractivity contribution in [1.29, 1.82) is 0 Å². The molecule has 0 aliphatic carbocycles. The lowest BCUT2D eigenvalue weighted by atomic mass is 10.1. The Morgan fingerprint density at radius 3 is 2.62 bits per heavy atom. The van der Waals surface area contributed by atoms with Crippen LogP contribution in [-0.2, 0) is 6.54 Å². The summed E-state index contributed by atoms with van der Waals surface area (Å²) in [6.45, 7) is 0.848. The minimum atomic E-state index is -0.528. The number of nitrogens with zero attached hydrogens (tertiary/aromatic N) is 2. The highest BCUT2D eigenvalue weighted by atomic mass is 19.1. The van der Waals surface area contributed by atoms with Crippen LogP contribution in [0.2, 0.25) is 0 Å². The number of methoxy groups -OCH3 is 1. The molecule has 5 heteroatoms. The number of Topliss-reactive ketones (excluding diaryl/α,β-unsaturated/α-hetero) is 1. The van der Waals surface area contributed by atoms with Crippen LogP contribution in [0.3, 0.4) is 0 Å². The lowest BCUT2D eigenvalue weighted by Crippen LogP contribution is -2.25. The first-order chi connectivity index (χ1) is 10.1. The van der Waals surface area contributed by atoms with Crippen LogP contribution in [0.5, 0.6) is 5.75 Å². The molecule has 0 radical (unpaired) electrons. The second kappa shape index (κ2) is 6.95. The predicted octanol–water partition coefficient (Wildman–Crippen LogP) is 2.54. The van der Waals surface area contributed by atoms with Crippen molar-refractivity contribution in [3.63, 3.8) is 0 Å². The molecule has 0 aliphatic rings. The van der Waals surface area contributed by atoms with Crippen LogP contribution in [0.1, 0.15) is 15.9 Å². The van der Waals surface area contributed by atoms with Gasteiger partial charge in [0.1, 0.15) is 0 Å². The fourth-order valence-corrected chi connectivity index (χ4v) is 2.03. The van der Waals surface area contributed by atoms with Crippen LogP contribution >= 0.6 is 0 Å². The van der Waals surface area contributed by atoms with Crippen LogP contribution in [0.25, 0.3) is 0 Å². The maximum Gasteiger partial charge on any atom is 0.176 e. The van der Waals surface area contributed by atoms with Crippen molar-refractivity contribution in [1.82, 2.24) is 9.88 Å². The van der Waals surface area contributed by atoms with E-state index in [0.29, 0.717) is 12.1 Å². The lowest BCUT2D eigenvalue weighted by Gasteiger charge is -2.15. The Morgan fingerprint density at radius 1 is 1.29 bits per heavy atom. The van der Waals surface area contributed by atoms with E-state index in [0.717, 1.165) is 5.56 Å². The van der Waals surface area contributed by atoms with Crippen molar-refractivity contribution in [2.24, 2.45) is 0 Å². The van der Waals surface area contributed by atoms with E-state index >= 15 is 0 Å². The van der Waals surface area contributed by atoms with Crippen molar-refractivity contribution in [3.8, 4) is 5.75 Å². The number of aromatic nitrogens is 1. The Morgan fingerprint density at radius 2 is 2.00 bits per heavy atom. The number of hydrogen-bond donors (Lipinski definition) is 0. The Hall–Kier alpha value is -2.27. The summed E-state index contributed by atoms with van der Waals surface area (Å²) in [5.74, 6) is -0.523. The Balaban J connectivity index is 1.99. The highest BCUT2D eigenvalue weighted by Gasteiger charge is 2.12. The third-order valence-electron chi connectivity index (χ3n) is 3.09. The Kier molecular flexibility index (Phi) is 5.00. The average Bonchev–Trinajstić information content (AvgIpc) is 2.48. The molecule has 0 spiro atoms.